The second-order valence-corrected chi connectivity index (χ2v) is 5.98. The SMILES string of the molecule is COCc1ccc(CN2CCCC(N3CCOCC3)C2)o1. The van der Waals surface area contributed by atoms with Crippen LogP contribution in [0.5, 0.6) is 0 Å². The summed E-state index contributed by atoms with van der Waals surface area (Å²) < 4.78 is 16.4. The third-order valence-electron chi connectivity index (χ3n) is 4.43. The van der Waals surface area contributed by atoms with E-state index in [1.54, 1.807) is 7.11 Å². The summed E-state index contributed by atoms with van der Waals surface area (Å²) in [7, 11) is 1.69. The van der Waals surface area contributed by atoms with Gasteiger partial charge in [-0.25, -0.2) is 0 Å². The highest BCUT2D eigenvalue weighted by molar-refractivity contribution is 5.06. The largest absolute Gasteiger partial charge is 0.462 e. The van der Waals surface area contributed by atoms with Crippen LogP contribution in [0.1, 0.15) is 24.4 Å². The Labute approximate surface area is 126 Å². The number of methoxy groups -OCH3 is 1. The van der Waals surface area contributed by atoms with Gasteiger partial charge in [0.1, 0.15) is 18.1 Å². The third kappa shape index (κ3) is 4.07. The van der Waals surface area contributed by atoms with Gasteiger partial charge in [0.15, 0.2) is 0 Å². The van der Waals surface area contributed by atoms with E-state index in [0.717, 1.165) is 50.9 Å². The number of likely N-dealkylation sites (tertiary alicyclic amines) is 1. The summed E-state index contributed by atoms with van der Waals surface area (Å²) in [5, 5.41) is 0. The first kappa shape index (κ1) is 15.0. The summed E-state index contributed by atoms with van der Waals surface area (Å²) in [5.41, 5.74) is 0. The van der Waals surface area contributed by atoms with E-state index in [-0.39, 0.29) is 0 Å². The van der Waals surface area contributed by atoms with Gasteiger partial charge in [-0.2, -0.15) is 0 Å². The first-order valence-electron chi connectivity index (χ1n) is 7.96. The molecule has 0 saturated carbocycles. The maximum absolute atomic E-state index is 5.81. The number of piperidine rings is 1. The van der Waals surface area contributed by atoms with Gasteiger partial charge in [0, 0.05) is 32.8 Å². The Morgan fingerprint density at radius 1 is 1.19 bits per heavy atom. The van der Waals surface area contributed by atoms with Gasteiger partial charge in [0.05, 0.1) is 19.8 Å². The summed E-state index contributed by atoms with van der Waals surface area (Å²) in [6.45, 7) is 7.70. The van der Waals surface area contributed by atoms with Gasteiger partial charge in [-0.3, -0.25) is 9.80 Å². The van der Waals surface area contributed by atoms with Crippen molar-refractivity contribution in [1.29, 1.82) is 0 Å². The van der Waals surface area contributed by atoms with Crippen molar-refractivity contribution in [1.82, 2.24) is 9.80 Å². The van der Waals surface area contributed by atoms with E-state index in [0.29, 0.717) is 12.6 Å². The highest BCUT2D eigenvalue weighted by Crippen LogP contribution is 2.20. The lowest BCUT2D eigenvalue weighted by Crippen LogP contribution is -2.51. The summed E-state index contributed by atoms with van der Waals surface area (Å²) in [6.07, 6.45) is 2.58. The molecule has 5 heteroatoms. The van der Waals surface area contributed by atoms with Crippen molar-refractivity contribution in [3.8, 4) is 0 Å². The predicted octanol–water partition coefficient (Wildman–Crippen LogP) is 1.72. The lowest BCUT2D eigenvalue weighted by atomic mass is 10.0. The Morgan fingerprint density at radius 3 is 2.81 bits per heavy atom. The van der Waals surface area contributed by atoms with Gasteiger partial charge in [0.25, 0.3) is 0 Å². The number of nitrogens with zero attached hydrogens (tertiary/aromatic N) is 2. The molecular weight excluding hydrogens is 268 g/mol. The van der Waals surface area contributed by atoms with Crippen molar-refractivity contribution in [2.75, 3.05) is 46.5 Å². The fourth-order valence-corrected chi connectivity index (χ4v) is 3.36. The molecule has 1 atom stereocenters. The minimum absolute atomic E-state index is 0.552. The van der Waals surface area contributed by atoms with Gasteiger partial charge in [-0.05, 0) is 31.5 Å². The lowest BCUT2D eigenvalue weighted by Gasteiger charge is -2.40. The molecule has 3 rings (SSSR count). The van der Waals surface area contributed by atoms with E-state index in [2.05, 4.69) is 15.9 Å². The third-order valence-corrected chi connectivity index (χ3v) is 4.43. The molecule has 2 saturated heterocycles. The Hall–Kier alpha value is -0.880. The van der Waals surface area contributed by atoms with Gasteiger partial charge in [-0.1, -0.05) is 0 Å². The van der Waals surface area contributed by atoms with Gasteiger partial charge >= 0.3 is 0 Å². The minimum atomic E-state index is 0.552. The minimum Gasteiger partial charge on any atom is -0.462 e. The molecule has 5 nitrogen and oxygen atoms in total. The highest BCUT2D eigenvalue weighted by atomic mass is 16.5. The summed E-state index contributed by atoms with van der Waals surface area (Å²) in [4.78, 5) is 5.10. The molecule has 1 aromatic rings. The van der Waals surface area contributed by atoms with Crippen molar-refractivity contribution in [3.05, 3.63) is 23.7 Å². The van der Waals surface area contributed by atoms with Gasteiger partial charge in [-0.15, -0.1) is 0 Å². The second-order valence-electron chi connectivity index (χ2n) is 5.98. The zero-order valence-electron chi connectivity index (χ0n) is 12.9. The van der Waals surface area contributed by atoms with Crippen LogP contribution >= 0.6 is 0 Å². The van der Waals surface area contributed by atoms with E-state index in [9.17, 15) is 0 Å². The van der Waals surface area contributed by atoms with E-state index >= 15 is 0 Å². The molecule has 2 aliphatic rings. The maximum atomic E-state index is 5.81. The van der Waals surface area contributed by atoms with Crippen LogP contribution in [-0.4, -0.2) is 62.3 Å². The zero-order chi connectivity index (χ0) is 14.5. The van der Waals surface area contributed by atoms with Crippen LogP contribution in [0.15, 0.2) is 16.5 Å². The van der Waals surface area contributed by atoms with Crippen molar-refractivity contribution >= 4 is 0 Å². The van der Waals surface area contributed by atoms with E-state index in [1.807, 2.05) is 6.07 Å². The maximum Gasteiger partial charge on any atom is 0.129 e. The fraction of sp³-hybridized carbons (Fsp3) is 0.750. The average Bonchev–Trinajstić information content (AvgIpc) is 2.96. The molecule has 0 spiro atoms. The molecule has 118 valence electrons. The molecule has 0 amide bonds. The lowest BCUT2D eigenvalue weighted by molar-refractivity contribution is -0.00438. The topological polar surface area (TPSA) is 38.1 Å². The van der Waals surface area contributed by atoms with Crippen LogP contribution in [-0.2, 0) is 22.6 Å². The number of morpholine rings is 1. The van der Waals surface area contributed by atoms with E-state index in [1.165, 1.54) is 19.4 Å². The molecule has 3 heterocycles. The molecule has 0 radical (unpaired) electrons. The van der Waals surface area contributed by atoms with Crippen LogP contribution in [0.25, 0.3) is 0 Å². The Morgan fingerprint density at radius 2 is 2.00 bits per heavy atom. The van der Waals surface area contributed by atoms with Crippen molar-refractivity contribution in [2.45, 2.75) is 32.0 Å². The normalized spacial score (nSPS) is 25.3. The molecule has 0 N–H and O–H groups in total. The van der Waals surface area contributed by atoms with E-state index in [4.69, 9.17) is 13.9 Å². The zero-order valence-corrected chi connectivity index (χ0v) is 12.9. The second kappa shape index (κ2) is 7.40. The highest BCUT2D eigenvalue weighted by Gasteiger charge is 2.26. The van der Waals surface area contributed by atoms with Crippen LogP contribution in [0.3, 0.4) is 0 Å². The van der Waals surface area contributed by atoms with Crippen LogP contribution in [0.4, 0.5) is 0 Å². The van der Waals surface area contributed by atoms with Crippen LogP contribution in [0.2, 0.25) is 0 Å². The first-order chi connectivity index (χ1) is 10.3. The van der Waals surface area contributed by atoms with Crippen molar-refractivity contribution in [2.24, 2.45) is 0 Å². The fourth-order valence-electron chi connectivity index (χ4n) is 3.36. The van der Waals surface area contributed by atoms with Crippen molar-refractivity contribution < 1.29 is 13.9 Å². The first-order valence-corrected chi connectivity index (χ1v) is 7.96. The molecule has 2 aliphatic heterocycles. The smallest absolute Gasteiger partial charge is 0.129 e. The van der Waals surface area contributed by atoms with Crippen LogP contribution < -0.4 is 0 Å². The quantitative estimate of drug-likeness (QED) is 0.827. The van der Waals surface area contributed by atoms with Crippen LogP contribution in [0, 0.1) is 0 Å². The molecule has 1 aromatic heterocycles. The molecule has 1 unspecified atom stereocenters. The number of furan rings is 1. The molecule has 0 aromatic carbocycles. The monoisotopic (exact) mass is 294 g/mol. The number of rotatable bonds is 5. The summed E-state index contributed by atoms with van der Waals surface area (Å²) in [5.74, 6) is 1.96. The molecule has 2 fully saturated rings. The Bertz CT molecular complexity index is 429. The average molecular weight is 294 g/mol. The molecule has 0 aliphatic carbocycles. The standard InChI is InChI=1S/C16H26N2O3/c1-19-13-16-5-4-15(21-16)12-17-6-2-3-14(11-17)18-7-9-20-10-8-18/h4-5,14H,2-3,6-13H2,1H3. The number of hydrogen-bond acceptors (Lipinski definition) is 5. The van der Waals surface area contributed by atoms with Gasteiger partial charge < -0.3 is 13.9 Å². The Balaban J connectivity index is 1.52. The molecular formula is C16H26N2O3. The van der Waals surface area contributed by atoms with Gasteiger partial charge in [0.2, 0.25) is 0 Å². The van der Waals surface area contributed by atoms with E-state index < -0.39 is 0 Å². The predicted molar refractivity (Wildman–Crippen MR) is 80.1 cm³/mol. The number of hydrogen-bond donors (Lipinski definition) is 0. The number of ether oxygens (including phenoxy) is 2. The summed E-state index contributed by atoms with van der Waals surface area (Å²) in [6, 6.07) is 4.77. The molecule has 21 heavy (non-hydrogen) atoms. The molecule has 0 bridgehead atoms. The summed E-state index contributed by atoms with van der Waals surface area (Å²) >= 11 is 0. The van der Waals surface area contributed by atoms with Crippen molar-refractivity contribution in [3.63, 3.8) is 0 Å². The Kier molecular flexibility index (Phi) is 5.30.